The topological polar surface area (TPSA) is 93.5 Å². The number of aromatic nitrogens is 2. The van der Waals surface area contributed by atoms with Gasteiger partial charge in [-0.3, -0.25) is 9.36 Å². The lowest BCUT2D eigenvalue weighted by Gasteiger charge is -2.14. The highest BCUT2D eigenvalue weighted by Crippen LogP contribution is 2.26. The third-order valence-corrected chi connectivity index (χ3v) is 5.83. The van der Waals surface area contributed by atoms with Crippen molar-refractivity contribution in [2.24, 2.45) is 0 Å². The fraction of sp³-hybridized carbons (Fsp3) is 0.452. The van der Waals surface area contributed by atoms with Crippen molar-refractivity contribution in [1.29, 1.82) is 0 Å². The lowest BCUT2D eigenvalue weighted by atomic mass is 10.2. The first-order chi connectivity index (χ1) is 18.6. The third-order valence-electron chi connectivity index (χ3n) is 5.83. The van der Waals surface area contributed by atoms with Crippen LogP contribution >= 0.6 is 0 Å². The SMILES string of the molecule is CC/C=C\C/C=C\C/C=C\C/C=C\C/C=C\C/C=C\CCC(=O)Nc1ccn([C@H]2CC[C@@H](CO)O2)c(=O)n1. The van der Waals surface area contributed by atoms with Gasteiger partial charge < -0.3 is 15.2 Å². The fourth-order valence-electron chi connectivity index (χ4n) is 3.79. The number of aliphatic hydroxyl groups is 1. The van der Waals surface area contributed by atoms with Crippen molar-refractivity contribution in [2.45, 2.75) is 83.5 Å². The van der Waals surface area contributed by atoms with E-state index in [1.807, 2.05) is 12.2 Å². The molecule has 206 valence electrons. The number of carbonyl (C=O) groups excluding carboxylic acids is 1. The first kappa shape index (κ1) is 30.9. The molecule has 0 radical (unpaired) electrons. The largest absolute Gasteiger partial charge is 0.394 e. The second kappa shape index (κ2) is 19.8. The Labute approximate surface area is 227 Å². The smallest absolute Gasteiger partial charge is 0.351 e. The average Bonchev–Trinajstić information content (AvgIpc) is 3.39. The lowest BCUT2D eigenvalue weighted by Crippen LogP contribution is -2.28. The van der Waals surface area contributed by atoms with Gasteiger partial charge in [-0.05, 0) is 63.9 Å². The van der Waals surface area contributed by atoms with Gasteiger partial charge in [-0.25, -0.2) is 4.79 Å². The number of amides is 1. The normalized spacial score (nSPS) is 18.5. The van der Waals surface area contributed by atoms with Crippen LogP contribution in [0.25, 0.3) is 0 Å². The van der Waals surface area contributed by atoms with Crippen molar-refractivity contribution in [3.8, 4) is 0 Å². The van der Waals surface area contributed by atoms with Crippen molar-refractivity contribution in [3.63, 3.8) is 0 Å². The van der Waals surface area contributed by atoms with Gasteiger partial charge in [0.1, 0.15) is 12.0 Å². The zero-order valence-corrected chi connectivity index (χ0v) is 22.6. The number of hydrogen-bond acceptors (Lipinski definition) is 5. The van der Waals surface area contributed by atoms with Crippen molar-refractivity contribution in [3.05, 3.63) is 95.7 Å². The van der Waals surface area contributed by atoms with Gasteiger partial charge in [0, 0.05) is 12.6 Å². The van der Waals surface area contributed by atoms with Gasteiger partial charge in [0.05, 0.1) is 12.7 Å². The molecule has 2 N–H and O–H groups in total. The second-order valence-corrected chi connectivity index (χ2v) is 8.98. The molecule has 1 saturated heterocycles. The molecule has 2 heterocycles. The van der Waals surface area contributed by atoms with Gasteiger partial charge in [-0.1, -0.05) is 79.8 Å². The number of anilines is 1. The van der Waals surface area contributed by atoms with E-state index >= 15 is 0 Å². The highest BCUT2D eigenvalue weighted by Gasteiger charge is 2.26. The van der Waals surface area contributed by atoms with E-state index in [0.717, 1.165) is 38.5 Å². The molecule has 7 heteroatoms. The van der Waals surface area contributed by atoms with E-state index in [0.29, 0.717) is 25.7 Å². The number of ether oxygens (including phenoxy) is 1. The van der Waals surface area contributed by atoms with Gasteiger partial charge in [0.25, 0.3) is 0 Å². The molecule has 1 aromatic rings. The van der Waals surface area contributed by atoms with Crippen LogP contribution in [0.3, 0.4) is 0 Å². The fourth-order valence-corrected chi connectivity index (χ4v) is 3.79. The van der Waals surface area contributed by atoms with Crippen molar-refractivity contribution in [1.82, 2.24) is 9.55 Å². The minimum Gasteiger partial charge on any atom is -0.394 e. The second-order valence-electron chi connectivity index (χ2n) is 8.98. The van der Waals surface area contributed by atoms with Crippen LogP contribution in [0, 0.1) is 0 Å². The summed E-state index contributed by atoms with van der Waals surface area (Å²) in [5.74, 6) is 0.0438. The first-order valence-corrected chi connectivity index (χ1v) is 13.7. The molecule has 38 heavy (non-hydrogen) atoms. The summed E-state index contributed by atoms with van der Waals surface area (Å²) >= 11 is 0. The molecule has 0 spiro atoms. The Morgan fingerprint density at radius 3 is 2.00 bits per heavy atom. The number of allylic oxidation sites excluding steroid dienone is 12. The van der Waals surface area contributed by atoms with E-state index in [1.165, 1.54) is 4.57 Å². The highest BCUT2D eigenvalue weighted by molar-refractivity contribution is 5.89. The molecule has 7 nitrogen and oxygen atoms in total. The van der Waals surface area contributed by atoms with Gasteiger partial charge in [0.15, 0.2) is 0 Å². The van der Waals surface area contributed by atoms with E-state index < -0.39 is 11.9 Å². The molecule has 1 fully saturated rings. The molecular formula is C31H43N3O4. The molecule has 1 aromatic heterocycles. The number of nitrogens with zero attached hydrogens (tertiary/aromatic N) is 2. The van der Waals surface area contributed by atoms with Crippen molar-refractivity contribution >= 4 is 11.7 Å². The van der Waals surface area contributed by atoms with Crippen LogP contribution in [-0.4, -0.2) is 33.3 Å². The van der Waals surface area contributed by atoms with E-state index in [2.05, 4.69) is 78.0 Å². The Bertz CT molecular complexity index is 1050. The third kappa shape index (κ3) is 13.3. The van der Waals surface area contributed by atoms with E-state index in [4.69, 9.17) is 4.74 Å². The number of hydrogen-bond donors (Lipinski definition) is 2. The molecule has 0 bridgehead atoms. The minimum atomic E-state index is -0.483. The predicted molar refractivity (Wildman–Crippen MR) is 155 cm³/mol. The molecule has 2 rings (SSSR count). The van der Waals surface area contributed by atoms with Gasteiger partial charge in [0.2, 0.25) is 5.91 Å². The average molecular weight is 522 g/mol. The molecule has 1 aliphatic heterocycles. The monoisotopic (exact) mass is 521 g/mol. The maximum absolute atomic E-state index is 12.3. The van der Waals surface area contributed by atoms with E-state index in [1.54, 1.807) is 12.3 Å². The first-order valence-electron chi connectivity index (χ1n) is 13.7. The van der Waals surface area contributed by atoms with Crippen LogP contribution in [0.15, 0.2) is 90.0 Å². The number of nitrogens with one attached hydrogen (secondary N) is 1. The highest BCUT2D eigenvalue weighted by atomic mass is 16.5. The molecule has 0 unspecified atom stereocenters. The zero-order chi connectivity index (χ0) is 27.3. The van der Waals surface area contributed by atoms with Gasteiger partial charge >= 0.3 is 5.69 Å². The lowest BCUT2D eigenvalue weighted by molar-refractivity contribution is -0.116. The summed E-state index contributed by atoms with van der Waals surface area (Å²) < 4.78 is 7.00. The summed E-state index contributed by atoms with van der Waals surface area (Å²) in [7, 11) is 0. The summed E-state index contributed by atoms with van der Waals surface area (Å²) in [5.41, 5.74) is -0.483. The van der Waals surface area contributed by atoms with E-state index in [9.17, 15) is 14.7 Å². The molecule has 0 aromatic carbocycles. The number of rotatable bonds is 17. The Morgan fingerprint density at radius 1 is 0.947 bits per heavy atom. The zero-order valence-electron chi connectivity index (χ0n) is 22.6. The van der Waals surface area contributed by atoms with Crippen LogP contribution in [0.4, 0.5) is 5.82 Å². The molecule has 0 aliphatic carbocycles. The van der Waals surface area contributed by atoms with Crippen molar-refractivity contribution in [2.75, 3.05) is 11.9 Å². The summed E-state index contributed by atoms with van der Waals surface area (Å²) in [6.45, 7) is 2.08. The molecule has 1 aliphatic rings. The Morgan fingerprint density at radius 2 is 1.50 bits per heavy atom. The summed E-state index contributed by atoms with van der Waals surface area (Å²) in [4.78, 5) is 28.4. The van der Waals surface area contributed by atoms with Crippen LogP contribution in [0.1, 0.15) is 77.4 Å². The molecule has 0 saturated carbocycles. The van der Waals surface area contributed by atoms with E-state index in [-0.39, 0.29) is 24.4 Å². The Balaban J connectivity index is 1.53. The van der Waals surface area contributed by atoms with Gasteiger partial charge in [-0.2, -0.15) is 4.98 Å². The Hall–Kier alpha value is -3.29. The van der Waals surface area contributed by atoms with Gasteiger partial charge in [-0.15, -0.1) is 0 Å². The number of carbonyl (C=O) groups is 1. The van der Waals surface area contributed by atoms with Crippen LogP contribution < -0.4 is 11.0 Å². The quantitative estimate of drug-likeness (QED) is 0.234. The maximum atomic E-state index is 12.3. The van der Waals surface area contributed by atoms with Crippen LogP contribution in [0.5, 0.6) is 0 Å². The maximum Gasteiger partial charge on any atom is 0.351 e. The molecular weight excluding hydrogens is 478 g/mol. The van der Waals surface area contributed by atoms with Crippen LogP contribution in [-0.2, 0) is 9.53 Å². The van der Waals surface area contributed by atoms with Crippen LogP contribution in [0.2, 0.25) is 0 Å². The summed E-state index contributed by atoms with van der Waals surface area (Å²) in [6.07, 6.45) is 34.7. The summed E-state index contributed by atoms with van der Waals surface area (Å²) in [5, 5.41) is 11.8. The molecule has 2 atom stereocenters. The summed E-state index contributed by atoms with van der Waals surface area (Å²) in [6, 6.07) is 1.59. The standard InChI is InChI=1S/C31H43N3O4/c1-2-3-4-5-6-7-8-9-10-11-12-13-14-15-16-17-18-19-20-21-29(36)32-28-24-25-34(31(37)33-28)30-23-22-27(26-35)38-30/h3-4,6-7,9-10,12-13,15-16,18-19,24-25,27,30,35H,2,5,8,11,14,17,20-23,26H2,1H3,(H,32,33,36,37)/b4-3-,7-6-,10-9-,13-12-,16-15-,19-18-/t27-,30+/m0/s1. The molecule has 1 amide bonds. The minimum absolute atomic E-state index is 0.0659. The predicted octanol–water partition coefficient (Wildman–Crippen LogP) is 6.33. The Kier molecular flexibility index (Phi) is 16.1. The number of aliphatic hydroxyl groups excluding tert-OH is 1. The van der Waals surface area contributed by atoms with Crippen molar-refractivity contribution < 1.29 is 14.6 Å².